The van der Waals surface area contributed by atoms with Gasteiger partial charge in [0.1, 0.15) is 17.3 Å². The van der Waals surface area contributed by atoms with E-state index >= 15 is 0 Å². The second kappa shape index (κ2) is 5.41. The van der Waals surface area contributed by atoms with E-state index in [1.54, 1.807) is 6.07 Å². The number of hydrogen-bond donors (Lipinski definition) is 0. The van der Waals surface area contributed by atoms with Gasteiger partial charge < -0.3 is 9.42 Å². The summed E-state index contributed by atoms with van der Waals surface area (Å²) in [4.78, 5) is 14.9. The molecule has 25 heavy (non-hydrogen) atoms. The van der Waals surface area contributed by atoms with Crippen molar-refractivity contribution in [2.24, 2.45) is 11.3 Å². The third kappa shape index (κ3) is 2.40. The van der Waals surface area contributed by atoms with Gasteiger partial charge >= 0.3 is 0 Å². The summed E-state index contributed by atoms with van der Waals surface area (Å²) in [5.74, 6) is 1.04. The minimum absolute atomic E-state index is 0.217. The van der Waals surface area contributed by atoms with Crippen LogP contribution in [0.1, 0.15) is 43.4 Å². The average Bonchev–Trinajstić information content (AvgIpc) is 2.95. The van der Waals surface area contributed by atoms with Crippen molar-refractivity contribution in [2.75, 3.05) is 6.54 Å². The predicted molar refractivity (Wildman–Crippen MR) is 90.0 cm³/mol. The van der Waals surface area contributed by atoms with Crippen LogP contribution in [0.15, 0.2) is 28.8 Å². The normalized spacial score (nSPS) is 23.7. The van der Waals surface area contributed by atoms with E-state index in [2.05, 4.69) is 5.16 Å². The van der Waals surface area contributed by atoms with Gasteiger partial charge in [-0.05, 0) is 36.8 Å². The van der Waals surface area contributed by atoms with Gasteiger partial charge in [-0.3, -0.25) is 4.79 Å². The first-order valence-electron chi connectivity index (χ1n) is 9.18. The Labute approximate surface area is 146 Å². The molecule has 0 unspecified atom stereocenters. The van der Waals surface area contributed by atoms with Crippen LogP contribution in [-0.4, -0.2) is 22.5 Å². The second-order valence-corrected chi connectivity index (χ2v) is 7.78. The fraction of sp³-hybridized carbons (Fsp3) is 0.500. The van der Waals surface area contributed by atoms with Crippen LogP contribution in [0.4, 0.5) is 4.39 Å². The van der Waals surface area contributed by atoms with Crippen molar-refractivity contribution in [3.05, 3.63) is 41.4 Å². The highest BCUT2D eigenvalue weighted by molar-refractivity contribution is 5.83. The summed E-state index contributed by atoms with van der Waals surface area (Å²) in [7, 11) is 0. The molecule has 0 radical (unpaired) electrons. The minimum Gasteiger partial charge on any atom is -0.360 e. The summed E-state index contributed by atoms with van der Waals surface area (Å²) in [6.07, 6.45) is 6.71. The van der Waals surface area contributed by atoms with Gasteiger partial charge in [-0.15, -0.1) is 0 Å². The zero-order valence-electron chi connectivity index (χ0n) is 14.1. The molecule has 1 atom stereocenters. The van der Waals surface area contributed by atoms with E-state index in [9.17, 15) is 9.18 Å². The van der Waals surface area contributed by atoms with E-state index in [1.165, 1.54) is 37.8 Å². The van der Waals surface area contributed by atoms with Crippen molar-refractivity contribution in [2.45, 2.75) is 45.1 Å². The van der Waals surface area contributed by atoms with Gasteiger partial charge in [0, 0.05) is 30.0 Å². The molecule has 0 N–H and O–H groups in total. The molecule has 1 aliphatic heterocycles. The van der Waals surface area contributed by atoms with Gasteiger partial charge in [-0.1, -0.05) is 30.1 Å². The molecule has 3 aliphatic rings. The van der Waals surface area contributed by atoms with E-state index in [1.807, 2.05) is 11.0 Å². The minimum atomic E-state index is -0.292. The molecular weight excluding hydrogens is 319 g/mol. The molecule has 0 saturated heterocycles. The highest BCUT2D eigenvalue weighted by Gasteiger charge is 2.59. The van der Waals surface area contributed by atoms with Crippen molar-refractivity contribution < 1.29 is 13.7 Å². The fourth-order valence-corrected chi connectivity index (χ4v) is 4.81. The van der Waals surface area contributed by atoms with E-state index in [-0.39, 0.29) is 11.7 Å². The zero-order chi connectivity index (χ0) is 17.0. The Hall–Kier alpha value is -2.17. The molecule has 5 rings (SSSR count). The predicted octanol–water partition coefficient (Wildman–Crippen LogP) is 3.95. The highest BCUT2D eigenvalue weighted by atomic mass is 19.1. The summed E-state index contributed by atoms with van der Waals surface area (Å²) in [5, 5.41) is 4.15. The number of hydrogen-bond acceptors (Lipinski definition) is 3. The van der Waals surface area contributed by atoms with Crippen molar-refractivity contribution in [1.29, 1.82) is 0 Å². The third-order valence-corrected chi connectivity index (χ3v) is 6.32. The third-order valence-electron chi connectivity index (χ3n) is 6.32. The number of halogens is 1. The standard InChI is InChI=1S/C20H21FN2O2/c21-14-5-3-4-13(10-14)18-15-12-23(9-6-17(15)25-22-18)19(24)16-11-20(16)7-1-2-8-20/h3-5,10,16H,1-2,6-9,11-12H2/t16-/m0/s1. The summed E-state index contributed by atoms with van der Waals surface area (Å²) < 4.78 is 19.0. The summed E-state index contributed by atoms with van der Waals surface area (Å²) in [6.45, 7) is 1.21. The lowest BCUT2D eigenvalue weighted by Gasteiger charge is -2.27. The molecule has 1 aromatic heterocycles. The van der Waals surface area contributed by atoms with Crippen LogP contribution in [0.2, 0.25) is 0 Å². The van der Waals surface area contributed by atoms with E-state index < -0.39 is 0 Å². The van der Waals surface area contributed by atoms with Gasteiger partial charge in [-0.25, -0.2) is 4.39 Å². The molecule has 2 aliphatic carbocycles. The Morgan fingerprint density at radius 2 is 2.16 bits per heavy atom. The Kier molecular flexibility index (Phi) is 3.27. The lowest BCUT2D eigenvalue weighted by atomic mass is 9.99. The number of carbonyl (C=O) groups is 1. The Morgan fingerprint density at radius 3 is 2.96 bits per heavy atom. The lowest BCUT2D eigenvalue weighted by Crippen LogP contribution is -2.37. The Morgan fingerprint density at radius 1 is 1.32 bits per heavy atom. The number of fused-ring (bicyclic) bond motifs is 1. The van der Waals surface area contributed by atoms with Gasteiger partial charge in [0.25, 0.3) is 0 Å². The van der Waals surface area contributed by atoms with Gasteiger partial charge in [0.2, 0.25) is 5.91 Å². The maximum Gasteiger partial charge on any atom is 0.226 e. The maximum atomic E-state index is 13.6. The van der Waals surface area contributed by atoms with Crippen LogP contribution in [0, 0.1) is 17.2 Å². The number of aromatic nitrogens is 1. The lowest BCUT2D eigenvalue weighted by molar-refractivity contribution is -0.134. The van der Waals surface area contributed by atoms with Crippen LogP contribution in [0.25, 0.3) is 11.3 Å². The van der Waals surface area contributed by atoms with E-state index in [0.717, 1.165) is 17.7 Å². The molecule has 2 fully saturated rings. The first-order valence-corrected chi connectivity index (χ1v) is 9.18. The van der Waals surface area contributed by atoms with E-state index in [0.29, 0.717) is 42.1 Å². The largest absolute Gasteiger partial charge is 0.360 e. The quantitative estimate of drug-likeness (QED) is 0.832. The van der Waals surface area contributed by atoms with Crippen LogP contribution in [0.5, 0.6) is 0 Å². The monoisotopic (exact) mass is 340 g/mol. The van der Waals surface area contributed by atoms with E-state index in [4.69, 9.17) is 4.52 Å². The molecule has 2 heterocycles. The van der Waals surface area contributed by atoms with Crippen molar-refractivity contribution >= 4 is 5.91 Å². The Bertz CT molecular complexity index is 838. The number of benzene rings is 1. The first-order chi connectivity index (χ1) is 12.2. The molecule has 2 saturated carbocycles. The number of amides is 1. The average molecular weight is 340 g/mol. The number of carbonyl (C=O) groups excluding carboxylic acids is 1. The summed E-state index contributed by atoms with van der Waals surface area (Å²) >= 11 is 0. The molecule has 4 nitrogen and oxygen atoms in total. The van der Waals surface area contributed by atoms with Crippen molar-refractivity contribution in [3.8, 4) is 11.3 Å². The van der Waals surface area contributed by atoms with Crippen molar-refractivity contribution in [1.82, 2.24) is 10.1 Å². The van der Waals surface area contributed by atoms with Crippen LogP contribution in [0.3, 0.4) is 0 Å². The maximum absolute atomic E-state index is 13.6. The van der Waals surface area contributed by atoms with Crippen LogP contribution < -0.4 is 0 Å². The molecule has 1 amide bonds. The Balaban J connectivity index is 1.39. The van der Waals surface area contributed by atoms with Crippen molar-refractivity contribution in [3.63, 3.8) is 0 Å². The molecule has 130 valence electrons. The molecular formula is C20H21FN2O2. The molecule has 2 aromatic rings. The molecule has 0 bridgehead atoms. The van der Waals surface area contributed by atoms with Gasteiger partial charge in [0.15, 0.2) is 0 Å². The topological polar surface area (TPSA) is 46.3 Å². The SMILES string of the molecule is O=C([C@@H]1CC12CCCC2)N1CCc2onc(-c3cccc(F)c3)c2C1. The van der Waals surface area contributed by atoms with Crippen LogP contribution >= 0.6 is 0 Å². The highest BCUT2D eigenvalue weighted by Crippen LogP contribution is 2.63. The smallest absolute Gasteiger partial charge is 0.226 e. The molecule has 1 aromatic carbocycles. The van der Waals surface area contributed by atoms with Gasteiger partial charge in [0.05, 0.1) is 6.54 Å². The number of rotatable bonds is 2. The first kappa shape index (κ1) is 15.1. The molecule has 5 heteroatoms. The molecule has 1 spiro atoms. The van der Waals surface area contributed by atoms with Crippen LogP contribution in [-0.2, 0) is 17.8 Å². The summed E-state index contributed by atoms with van der Waals surface area (Å²) in [5.41, 5.74) is 2.62. The summed E-state index contributed by atoms with van der Waals surface area (Å²) in [6, 6.07) is 6.38. The fourth-order valence-electron chi connectivity index (χ4n) is 4.81. The number of nitrogens with zero attached hydrogens (tertiary/aromatic N) is 2. The zero-order valence-corrected chi connectivity index (χ0v) is 14.1. The van der Waals surface area contributed by atoms with Gasteiger partial charge in [-0.2, -0.15) is 0 Å². The second-order valence-electron chi connectivity index (χ2n) is 7.78.